The van der Waals surface area contributed by atoms with E-state index < -0.39 is 0 Å². The van der Waals surface area contributed by atoms with Crippen molar-refractivity contribution in [2.45, 2.75) is 6.92 Å². The van der Waals surface area contributed by atoms with Gasteiger partial charge < -0.3 is 5.11 Å². The quantitative estimate of drug-likeness (QED) is 0.776. The van der Waals surface area contributed by atoms with Gasteiger partial charge in [-0.05, 0) is 19.1 Å². The molecule has 0 aliphatic heterocycles. The number of carbonyl (C=O) groups is 1. The van der Waals surface area contributed by atoms with E-state index in [1.165, 1.54) is 23.7 Å². The molecule has 0 radical (unpaired) electrons. The Morgan fingerprint density at radius 1 is 1.27 bits per heavy atom. The summed E-state index contributed by atoms with van der Waals surface area (Å²) >= 11 is 1.30. The minimum atomic E-state index is -0.357. The van der Waals surface area contributed by atoms with Gasteiger partial charge in [0, 0.05) is 17.1 Å². The lowest BCUT2D eigenvalue weighted by Gasteiger charge is -2.01. The number of carbonyl (C=O) groups excluding carboxylic acids is 1. The summed E-state index contributed by atoms with van der Waals surface area (Å²) in [6.07, 6.45) is 2.96. The summed E-state index contributed by atoms with van der Waals surface area (Å²) in [7, 11) is 0. The summed E-state index contributed by atoms with van der Waals surface area (Å²) < 4.78 is 0. The molecule has 110 valence electrons. The molecule has 0 fully saturated rings. The van der Waals surface area contributed by atoms with Gasteiger partial charge >= 0.3 is 0 Å². The first-order chi connectivity index (χ1) is 10.6. The molecule has 2 aromatic heterocycles. The summed E-state index contributed by atoms with van der Waals surface area (Å²) in [5, 5.41) is 14.4. The molecule has 2 heterocycles. The maximum atomic E-state index is 12.0. The first-order valence-electron chi connectivity index (χ1n) is 6.47. The fraction of sp³-hybridized carbons (Fsp3) is 0.0667. The van der Waals surface area contributed by atoms with Gasteiger partial charge in [-0.2, -0.15) is 0 Å². The van der Waals surface area contributed by atoms with Crippen molar-refractivity contribution in [2.75, 3.05) is 5.32 Å². The minimum Gasteiger partial charge on any atom is -0.508 e. The number of thiazole rings is 1. The van der Waals surface area contributed by atoms with Gasteiger partial charge in [0.1, 0.15) is 11.4 Å². The number of rotatable bonds is 3. The number of aryl methyl sites for hydroxylation is 1. The predicted octanol–water partition coefficient (Wildman–Crippen LogP) is 2.87. The van der Waals surface area contributed by atoms with Crippen LogP contribution in [0, 0.1) is 6.92 Å². The highest BCUT2D eigenvalue weighted by molar-refractivity contribution is 7.14. The zero-order valence-corrected chi connectivity index (χ0v) is 12.5. The molecule has 22 heavy (non-hydrogen) atoms. The van der Waals surface area contributed by atoms with Gasteiger partial charge in [0.15, 0.2) is 5.13 Å². The lowest BCUT2D eigenvalue weighted by molar-refractivity contribution is 0.102. The summed E-state index contributed by atoms with van der Waals surface area (Å²) in [4.78, 5) is 24.4. The fourth-order valence-corrected chi connectivity index (χ4v) is 2.51. The molecule has 0 bridgehead atoms. The van der Waals surface area contributed by atoms with Crippen molar-refractivity contribution in [1.29, 1.82) is 0 Å². The van der Waals surface area contributed by atoms with Crippen LogP contribution >= 0.6 is 11.3 Å². The number of phenols is 1. The molecule has 0 aliphatic carbocycles. The van der Waals surface area contributed by atoms with Crippen LogP contribution in [0.1, 0.15) is 16.2 Å². The number of amides is 1. The summed E-state index contributed by atoms with van der Waals surface area (Å²) in [5.74, 6) is -0.185. The zero-order valence-electron chi connectivity index (χ0n) is 11.6. The summed E-state index contributed by atoms with van der Waals surface area (Å²) in [5.41, 5.74) is 2.45. The van der Waals surface area contributed by atoms with Crippen LogP contribution in [0.3, 0.4) is 0 Å². The maximum absolute atomic E-state index is 12.0. The first-order valence-corrected chi connectivity index (χ1v) is 7.35. The van der Waals surface area contributed by atoms with Gasteiger partial charge in [0.2, 0.25) is 0 Å². The third kappa shape index (κ3) is 3.09. The first kappa shape index (κ1) is 14.2. The number of aromatic hydroxyl groups is 1. The highest BCUT2D eigenvalue weighted by Gasteiger charge is 2.11. The SMILES string of the molecule is Cc1cnc(C(=O)Nc2nc(-c3cccc(O)c3)cs2)cn1. The lowest BCUT2D eigenvalue weighted by atomic mass is 10.2. The van der Waals surface area contributed by atoms with Crippen molar-refractivity contribution in [2.24, 2.45) is 0 Å². The Kier molecular flexibility index (Phi) is 3.80. The van der Waals surface area contributed by atoms with Crippen LogP contribution in [-0.4, -0.2) is 26.0 Å². The van der Waals surface area contributed by atoms with E-state index in [2.05, 4.69) is 20.3 Å². The second-order valence-corrected chi connectivity index (χ2v) is 5.44. The van der Waals surface area contributed by atoms with E-state index in [4.69, 9.17) is 0 Å². The number of anilines is 1. The number of benzene rings is 1. The number of hydrogen-bond donors (Lipinski definition) is 2. The van der Waals surface area contributed by atoms with Crippen molar-refractivity contribution in [3.8, 4) is 17.0 Å². The average molecular weight is 312 g/mol. The van der Waals surface area contributed by atoms with Crippen LogP contribution in [0.5, 0.6) is 5.75 Å². The number of aromatic nitrogens is 3. The second kappa shape index (κ2) is 5.90. The van der Waals surface area contributed by atoms with Crippen molar-refractivity contribution < 1.29 is 9.90 Å². The molecule has 0 atom stereocenters. The standard InChI is InChI=1S/C15H12N4O2S/c1-9-6-17-12(7-16-9)14(21)19-15-18-13(8-22-15)10-3-2-4-11(20)5-10/h2-8,20H,1H3,(H,18,19,21). The number of nitrogens with one attached hydrogen (secondary N) is 1. The number of nitrogens with zero attached hydrogens (tertiary/aromatic N) is 3. The lowest BCUT2D eigenvalue weighted by Crippen LogP contribution is -2.13. The summed E-state index contributed by atoms with van der Waals surface area (Å²) in [6.45, 7) is 1.80. The molecule has 1 aromatic carbocycles. The molecule has 3 aromatic rings. The van der Waals surface area contributed by atoms with Crippen LogP contribution in [-0.2, 0) is 0 Å². The summed E-state index contributed by atoms with van der Waals surface area (Å²) in [6, 6.07) is 6.79. The van der Waals surface area contributed by atoms with Crippen molar-refractivity contribution in [3.05, 3.63) is 53.4 Å². The smallest absolute Gasteiger partial charge is 0.277 e. The van der Waals surface area contributed by atoms with Crippen LogP contribution in [0.25, 0.3) is 11.3 Å². The monoisotopic (exact) mass is 312 g/mol. The molecule has 0 aliphatic rings. The zero-order chi connectivity index (χ0) is 15.5. The Balaban J connectivity index is 1.77. The van der Waals surface area contributed by atoms with Gasteiger partial charge in [-0.1, -0.05) is 12.1 Å². The van der Waals surface area contributed by atoms with E-state index in [1.807, 2.05) is 11.4 Å². The third-order valence-electron chi connectivity index (χ3n) is 2.88. The van der Waals surface area contributed by atoms with Crippen LogP contribution in [0.4, 0.5) is 5.13 Å². The molecule has 7 heteroatoms. The van der Waals surface area contributed by atoms with Crippen molar-refractivity contribution in [3.63, 3.8) is 0 Å². The number of hydrogen-bond acceptors (Lipinski definition) is 6. The average Bonchev–Trinajstić information content (AvgIpc) is 2.96. The van der Waals surface area contributed by atoms with E-state index in [9.17, 15) is 9.90 Å². The van der Waals surface area contributed by atoms with Crippen LogP contribution < -0.4 is 5.32 Å². The molecule has 3 rings (SSSR count). The topological polar surface area (TPSA) is 88.0 Å². The maximum Gasteiger partial charge on any atom is 0.277 e. The molecule has 6 nitrogen and oxygen atoms in total. The van der Waals surface area contributed by atoms with E-state index in [0.29, 0.717) is 10.8 Å². The Morgan fingerprint density at radius 3 is 2.86 bits per heavy atom. The third-order valence-corrected chi connectivity index (χ3v) is 3.64. The van der Waals surface area contributed by atoms with Gasteiger partial charge in [0.25, 0.3) is 5.91 Å². The van der Waals surface area contributed by atoms with E-state index in [1.54, 1.807) is 25.1 Å². The molecular formula is C15H12N4O2S. The largest absolute Gasteiger partial charge is 0.508 e. The Bertz CT molecular complexity index is 814. The molecule has 0 saturated carbocycles. The molecule has 0 unspecified atom stereocenters. The Hall–Kier alpha value is -2.80. The predicted molar refractivity (Wildman–Crippen MR) is 83.9 cm³/mol. The highest BCUT2D eigenvalue weighted by atomic mass is 32.1. The van der Waals surface area contributed by atoms with Gasteiger partial charge in [-0.25, -0.2) is 9.97 Å². The molecule has 1 amide bonds. The highest BCUT2D eigenvalue weighted by Crippen LogP contribution is 2.27. The van der Waals surface area contributed by atoms with Gasteiger partial charge in [-0.15, -0.1) is 11.3 Å². The van der Waals surface area contributed by atoms with Crippen molar-refractivity contribution in [1.82, 2.24) is 15.0 Å². The molecule has 0 saturated heterocycles. The van der Waals surface area contributed by atoms with Gasteiger partial charge in [-0.3, -0.25) is 15.1 Å². The van der Waals surface area contributed by atoms with E-state index >= 15 is 0 Å². The van der Waals surface area contributed by atoms with Gasteiger partial charge in [0.05, 0.1) is 17.6 Å². The normalized spacial score (nSPS) is 10.4. The van der Waals surface area contributed by atoms with Crippen LogP contribution in [0.2, 0.25) is 0 Å². The fourth-order valence-electron chi connectivity index (χ4n) is 1.80. The molecule has 0 spiro atoms. The Labute approximate surface area is 130 Å². The molecule has 2 N–H and O–H groups in total. The van der Waals surface area contributed by atoms with Crippen molar-refractivity contribution >= 4 is 22.4 Å². The van der Waals surface area contributed by atoms with E-state index in [-0.39, 0.29) is 17.4 Å². The Morgan fingerprint density at radius 2 is 2.14 bits per heavy atom. The van der Waals surface area contributed by atoms with E-state index in [0.717, 1.165) is 11.3 Å². The minimum absolute atomic E-state index is 0.172. The van der Waals surface area contributed by atoms with Crippen LogP contribution in [0.15, 0.2) is 42.0 Å². The number of phenolic OH excluding ortho intramolecular Hbond substituents is 1. The second-order valence-electron chi connectivity index (χ2n) is 4.59. The molecular weight excluding hydrogens is 300 g/mol.